The number of benzene rings is 1. The molecule has 0 fully saturated rings. The molecule has 0 saturated heterocycles. The largest absolute Gasteiger partial charge is 0.331 e. The maximum Gasteiger partial charge on any atom is 0.315 e. The lowest BCUT2D eigenvalue weighted by molar-refractivity contribution is 0.229. The molecule has 0 aliphatic rings. The van der Waals surface area contributed by atoms with Gasteiger partial charge in [-0.25, -0.2) is 9.18 Å². The minimum Gasteiger partial charge on any atom is -0.331 e. The number of nitrogens with one attached hydrogen (secondary N) is 2. The highest BCUT2D eigenvalue weighted by atomic mass is 19.1. The summed E-state index contributed by atoms with van der Waals surface area (Å²) in [6, 6.07) is 5.38. The van der Waals surface area contributed by atoms with E-state index in [4.69, 9.17) is 0 Å². The van der Waals surface area contributed by atoms with Crippen LogP contribution in [0.15, 0.2) is 30.6 Å². The van der Waals surface area contributed by atoms with E-state index in [0.29, 0.717) is 5.82 Å². The Kier molecular flexibility index (Phi) is 5.31. The molecule has 0 spiro atoms. The molecule has 0 saturated carbocycles. The van der Waals surface area contributed by atoms with Crippen molar-refractivity contribution in [1.82, 2.24) is 25.4 Å². The molecule has 7 heteroatoms. The molecule has 1 aromatic heterocycles. The number of halogens is 1. The summed E-state index contributed by atoms with van der Waals surface area (Å²) in [5, 5.41) is 13.6. The number of rotatable bonds is 5. The van der Waals surface area contributed by atoms with E-state index >= 15 is 0 Å². The molecule has 1 heterocycles. The molecular weight excluding hydrogens is 297 g/mol. The van der Waals surface area contributed by atoms with Gasteiger partial charge in [-0.1, -0.05) is 26.0 Å². The Labute approximate surface area is 135 Å². The average molecular weight is 319 g/mol. The zero-order valence-corrected chi connectivity index (χ0v) is 13.7. The van der Waals surface area contributed by atoms with Crippen LogP contribution in [0.25, 0.3) is 0 Å². The van der Waals surface area contributed by atoms with Crippen LogP contribution in [0, 0.1) is 11.7 Å². The van der Waals surface area contributed by atoms with Gasteiger partial charge in [0.2, 0.25) is 0 Å². The first-order valence-corrected chi connectivity index (χ1v) is 7.55. The zero-order chi connectivity index (χ0) is 17.0. The highest BCUT2D eigenvalue weighted by Gasteiger charge is 2.20. The second-order valence-corrected chi connectivity index (χ2v) is 5.91. The lowest BCUT2D eigenvalue weighted by atomic mass is 9.96. The molecule has 0 bridgehead atoms. The summed E-state index contributed by atoms with van der Waals surface area (Å²) in [6.07, 6.45) is 1.58. The second kappa shape index (κ2) is 7.21. The van der Waals surface area contributed by atoms with Gasteiger partial charge >= 0.3 is 6.03 Å². The van der Waals surface area contributed by atoms with Gasteiger partial charge in [0.15, 0.2) is 5.82 Å². The Balaban J connectivity index is 2.04. The van der Waals surface area contributed by atoms with Crippen molar-refractivity contribution in [1.29, 1.82) is 0 Å². The number of amides is 2. The molecule has 23 heavy (non-hydrogen) atoms. The number of carbonyl (C=O) groups excluding carboxylic acids is 1. The SMILES string of the molecule is CC(NC(=O)NC(c1ccc(F)cc1)C(C)C)c1nncn1C. The Morgan fingerprint density at radius 3 is 2.35 bits per heavy atom. The number of aryl methyl sites for hydroxylation is 1. The number of urea groups is 1. The van der Waals surface area contributed by atoms with E-state index in [1.165, 1.54) is 12.1 Å². The molecule has 124 valence electrons. The summed E-state index contributed by atoms with van der Waals surface area (Å²) < 4.78 is 14.8. The van der Waals surface area contributed by atoms with E-state index in [0.717, 1.165) is 5.56 Å². The summed E-state index contributed by atoms with van der Waals surface area (Å²) in [5.41, 5.74) is 0.864. The van der Waals surface area contributed by atoms with Crippen LogP contribution in [0.4, 0.5) is 9.18 Å². The van der Waals surface area contributed by atoms with E-state index in [9.17, 15) is 9.18 Å². The van der Waals surface area contributed by atoms with Crippen molar-refractivity contribution >= 4 is 6.03 Å². The molecular formula is C16H22FN5O. The van der Waals surface area contributed by atoms with Crippen molar-refractivity contribution in [3.8, 4) is 0 Å². The van der Waals surface area contributed by atoms with Crippen LogP contribution in [0.1, 0.15) is 44.2 Å². The molecule has 0 radical (unpaired) electrons. The van der Waals surface area contributed by atoms with Gasteiger partial charge < -0.3 is 15.2 Å². The molecule has 2 N–H and O–H groups in total. The number of aromatic nitrogens is 3. The van der Waals surface area contributed by atoms with E-state index in [-0.39, 0.29) is 29.8 Å². The van der Waals surface area contributed by atoms with Crippen molar-refractivity contribution in [2.45, 2.75) is 32.9 Å². The van der Waals surface area contributed by atoms with Crippen molar-refractivity contribution in [3.05, 3.63) is 47.8 Å². The molecule has 0 aliphatic heterocycles. The molecule has 1 aromatic carbocycles. The first-order chi connectivity index (χ1) is 10.9. The van der Waals surface area contributed by atoms with Gasteiger partial charge in [-0.3, -0.25) is 0 Å². The van der Waals surface area contributed by atoms with Gasteiger partial charge in [-0.2, -0.15) is 0 Å². The molecule has 6 nitrogen and oxygen atoms in total. The van der Waals surface area contributed by atoms with E-state index in [2.05, 4.69) is 20.8 Å². The number of nitrogens with zero attached hydrogens (tertiary/aromatic N) is 3. The molecule has 2 amide bonds. The summed E-state index contributed by atoms with van der Waals surface area (Å²) in [7, 11) is 1.82. The molecule has 2 atom stereocenters. The average Bonchev–Trinajstić information content (AvgIpc) is 2.92. The van der Waals surface area contributed by atoms with Gasteiger partial charge in [-0.05, 0) is 30.5 Å². The quantitative estimate of drug-likeness (QED) is 0.890. The first-order valence-electron chi connectivity index (χ1n) is 7.55. The summed E-state index contributed by atoms with van der Waals surface area (Å²) in [4.78, 5) is 12.3. The van der Waals surface area contributed by atoms with Crippen LogP contribution in [-0.2, 0) is 7.05 Å². The normalized spacial score (nSPS) is 13.7. The highest BCUT2D eigenvalue weighted by Crippen LogP contribution is 2.22. The maximum absolute atomic E-state index is 13.1. The number of hydrogen-bond acceptors (Lipinski definition) is 3. The van der Waals surface area contributed by atoms with Crippen molar-refractivity contribution in [2.24, 2.45) is 13.0 Å². The summed E-state index contributed by atoms with van der Waals surface area (Å²) >= 11 is 0. The Morgan fingerprint density at radius 1 is 1.17 bits per heavy atom. The lowest BCUT2D eigenvalue weighted by Crippen LogP contribution is -2.41. The van der Waals surface area contributed by atoms with Crippen LogP contribution in [0.5, 0.6) is 0 Å². The Morgan fingerprint density at radius 2 is 1.83 bits per heavy atom. The van der Waals surface area contributed by atoms with E-state index in [1.807, 2.05) is 27.8 Å². The number of hydrogen-bond donors (Lipinski definition) is 2. The van der Waals surface area contributed by atoms with Crippen LogP contribution in [0.2, 0.25) is 0 Å². The van der Waals surface area contributed by atoms with Gasteiger partial charge in [0.25, 0.3) is 0 Å². The van der Waals surface area contributed by atoms with Crippen LogP contribution >= 0.6 is 0 Å². The molecule has 2 unspecified atom stereocenters. The summed E-state index contributed by atoms with van der Waals surface area (Å²) in [6.45, 7) is 5.84. The minimum absolute atomic E-state index is 0.163. The topological polar surface area (TPSA) is 71.8 Å². The Bertz CT molecular complexity index is 653. The monoisotopic (exact) mass is 319 g/mol. The zero-order valence-electron chi connectivity index (χ0n) is 13.7. The smallest absolute Gasteiger partial charge is 0.315 e. The summed E-state index contributed by atoms with van der Waals surface area (Å²) in [5.74, 6) is 0.538. The van der Waals surface area contributed by atoms with Crippen LogP contribution in [0.3, 0.4) is 0 Å². The third kappa shape index (κ3) is 4.28. The van der Waals surface area contributed by atoms with Crippen molar-refractivity contribution in [3.63, 3.8) is 0 Å². The molecule has 2 rings (SSSR count). The van der Waals surface area contributed by atoms with Gasteiger partial charge in [0.1, 0.15) is 12.1 Å². The van der Waals surface area contributed by atoms with Crippen molar-refractivity contribution in [2.75, 3.05) is 0 Å². The number of carbonyl (C=O) groups is 1. The van der Waals surface area contributed by atoms with Gasteiger partial charge in [0, 0.05) is 7.05 Å². The fourth-order valence-corrected chi connectivity index (χ4v) is 2.43. The fraction of sp³-hybridized carbons (Fsp3) is 0.438. The second-order valence-electron chi connectivity index (χ2n) is 5.91. The first kappa shape index (κ1) is 16.9. The predicted molar refractivity (Wildman–Crippen MR) is 85.1 cm³/mol. The van der Waals surface area contributed by atoms with Crippen LogP contribution in [-0.4, -0.2) is 20.8 Å². The third-order valence-corrected chi connectivity index (χ3v) is 3.66. The lowest BCUT2D eigenvalue weighted by Gasteiger charge is -2.24. The van der Waals surface area contributed by atoms with Gasteiger partial charge in [-0.15, -0.1) is 10.2 Å². The molecule has 2 aromatic rings. The predicted octanol–water partition coefficient (Wildman–Crippen LogP) is 2.71. The third-order valence-electron chi connectivity index (χ3n) is 3.66. The van der Waals surface area contributed by atoms with Crippen molar-refractivity contribution < 1.29 is 9.18 Å². The van der Waals surface area contributed by atoms with Crippen LogP contribution < -0.4 is 10.6 Å². The van der Waals surface area contributed by atoms with Gasteiger partial charge in [0.05, 0.1) is 12.1 Å². The minimum atomic E-state index is -0.302. The maximum atomic E-state index is 13.1. The van der Waals surface area contributed by atoms with E-state index < -0.39 is 0 Å². The Hall–Kier alpha value is -2.44. The fourth-order valence-electron chi connectivity index (χ4n) is 2.43. The molecule has 0 aliphatic carbocycles. The standard InChI is InChI=1S/C16H22FN5O/c1-10(2)14(12-5-7-13(17)8-6-12)20-16(23)19-11(3)15-21-18-9-22(15)4/h5-11,14H,1-4H3,(H2,19,20,23). The van der Waals surface area contributed by atoms with E-state index in [1.54, 1.807) is 23.0 Å². The highest BCUT2D eigenvalue weighted by molar-refractivity contribution is 5.74.